The number of aryl methyl sites for hydroxylation is 2. The number of hydrogen-bond acceptors (Lipinski definition) is 2. The van der Waals surface area contributed by atoms with E-state index in [1.165, 1.54) is 11.1 Å². The van der Waals surface area contributed by atoms with E-state index in [1.54, 1.807) is 0 Å². The Morgan fingerprint density at radius 1 is 1.09 bits per heavy atom. The quantitative estimate of drug-likeness (QED) is 0.341. The molecule has 22 heavy (non-hydrogen) atoms. The van der Waals surface area contributed by atoms with Crippen molar-refractivity contribution in [3.8, 4) is 5.75 Å². The lowest BCUT2D eigenvalue weighted by molar-refractivity contribution is 0.328. The van der Waals surface area contributed by atoms with Crippen molar-refractivity contribution in [1.82, 2.24) is 0 Å². The summed E-state index contributed by atoms with van der Waals surface area (Å²) in [5, 5.41) is 3.06. The van der Waals surface area contributed by atoms with Crippen LogP contribution in [-0.4, -0.2) is 19.1 Å². The highest BCUT2D eigenvalue weighted by Crippen LogP contribution is 2.11. The minimum atomic E-state index is 0. The Labute approximate surface area is 148 Å². The molecule has 0 aliphatic heterocycles. The van der Waals surface area contributed by atoms with Gasteiger partial charge in [-0.15, -0.1) is 24.0 Å². The third-order valence-electron chi connectivity index (χ3n) is 2.95. The van der Waals surface area contributed by atoms with Gasteiger partial charge in [-0.2, -0.15) is 0 Å². The third kappa shape index (κ3) is 6.34. The van der Waals surface area contributed by atoms with Crippen molar-refractivity contribution in [1.29, 1.82) is 0 Å². The molecule has 0 saturated carbocycles. The maximum absolute atomic E-state index is 5.84. The van der Waals surface area contributed by atoms with Crippen LogP contribution >= 0.6 is 24.0 Å². The minimum Gasteiger partial charge on any atom is -0.492 e. The van der Waals surface area contributed by atoms with E-state index in [0.29, 0.717) is 19.1 Å². The van der Waals surface area contributed by atoms with E-state index >= 15 is 0 Å². The number of nitrogens with two attached hydrogens (primary N) is 1. The average molecular weight is 411 g/mol. The van der Waals surface area contributed by atoms with Gasteiger partial charge in [-0.1, -0.05) is 29.8 Å². The maximum atomic E-state index is 5.84. The fraction of sp³-hybridized carbons (Fsp3) is 0.235. The zero-order chi connectivity index (χ0) is 15.1. The summed E-state index contributed by atoms with van der Waals surface area (Å²) in [5.41, 5.74) is 9.17. The van der Waals surface area contributed by atoms with Crippen LogP contribution in [0.1, 0.15) is 11.1 Å². The van der Waals surface area contributed by atoms with E-state index in [4.69, 9.17) is 10.5 Å². The van der Waals surface area contributed by atoms with Crippen molar-refractivity contribution in [3.63, 3.8) is 0 Å². The molecule has 0 saturated heterocycles. The number of rotatable bonds is 5. The Bertz CT molecular complexity index is 612. The molecule has 0 heterocycles. The van der Waals surface area contributed by atoms with Crippen molar-refractivity contribution < 1.29 is 4.74 Å². The molecule has 4 nitrogen and oxygen atoms in total. The van der Waals surface area contributed by atoms with Gasteiger partial charge in [0, 0.05) is 5.69 Å². The normalized spacial score (nSPS) is 10.7. The Kier molecular flexibility index (Phi) is 7.73. The molecule has 0 radical (unpaired) electrons. The molecule has 0 atom stereocenters. The molecule has 3 N–H and O–H groups in total. The maximum Gasteiger partial charge on any atom is 0.193 e. The second-order valence-electron chi connectivity index (χ2n) is 4.92. The van der Waals surface area contributed by atoms with Crippen molar-refractivity contribution in [2.75, 3.05) is 18.5 Å². The van der Waals surface area contributed by atoms with Gasteiger partial charge in [0.05, 0.1) is 6.54 Å². The predicted molar refractivity (Wildman–Crippen MR) is 103 cm³/mol. The van der Waals surface area contributed by atoms with Gasteiger partial charge < -0.3 is 15.8 Å². The van der Waals surface area contributed by atoms with Gasteiger partial charge in [-0.05, 0) is 43.7 Å². The number of guanidine groups is 1. The second-order valence-corrected chi connectivity index (χ2v) is 4.92. The number of nitrogens with one attached hydrogen (secondary N) is 1. The monoisotopic (exact) mass is 411 g/mol. The molecule has 5 heteroatoms. The lowest BCUT2D eigenvalue weighted by Crippen LogP contribution is -2.23. The molecule has 0 aliphatic rings. The summed E-state index contributed by atoms with van der Waals surface area (Å²) in [6.07, 6.45) is 0. The van der Waals surface area contributed by atoms with Crippen LogP contribution in [0.25, 0.3) is 0 Å². The molecular weight excluding hydrogens is 389 g/mol. The predicted octanol–water partition coefficient (Wildman–Crippen LogP) is 3.73. The van der Waals surface area contributed by atoms with Crippen LogP contribution < -0.4 is 15.8 Å². The fourth-order valence-corrected chi connectivity index (χ4v) is 1.87. The first-order valence-electron chi connectivity index (χ1n) is 6.96. The van der Waals surface area contributed by atoms with Crippen molar-refractivity contribution in [3.05, 3.63) is 59.7 Å². The Hall–Kier alpha value is -1.76. The number of halogens is 1. The van der Waals surface area contributed by atoms with Gasteiger partial charge in [0.15, 0.2) is 5.96 Å². The topological polar surface area (TPSA) is 59.6 Å². The number of nitrogens with zero attached hydrogens (tertiary/aromatic N) is 1. The van der Waals surface area contributed by atoms with Crippen molar-refractivity contribution in [2.24, 2.45) is 10.7 Å². The van der Waals surface area contributed by atoms with Crippen LogP contribution in [0.2, 0.25) is 0 Å². The summed E-state index contributed by atoms with van der Waals surface area (Å²) in [4.78, 5) is 4.24. The zero-order valence-electron chi connectivity index (χ0n) is 12.9. The minimum absolute atomic E-state index is 0. The van der Waals surface area contributed by atoms with Crippen LogP contribution in [-0.2, 0) is 0 Å². The summed E-state index contributed by atoms with van der Waals surface area (Å²) in [7, 11) is 0. The summed E-state index contributed by atoms with van der Waals surface area (Å²) < 4.78 is 5.59. The number of benzene rings is 2. The highest BCUT2D eigenvalue weighted by atomic mass is 127. The number of aliphatic imine (C=N–C) groups is 1. The van der Waals surface area contributed by atoms with E-state index in [0.717, 1.165) is 11.4 Å². The summed E-state index contributed by atoms with van der Waals surface area (Å²) in [6, 6.07) is 15.9. The molecule has 2 aromatic carbocycles. The lowest BCUT2D eigenvalue weighted by atomic mass is 10.2. The van der Waals surface area contributed by atoms with E-state index < -0.39 is 0 Å². The van der Waals surface area contributed by atoms with E-state index in [2.05, 4.69) is 10.3 Å². The molecule has 0 unspecified atom stereocenters. The molecular formula is C17H22IN3O. The molecule has 2 rings (SSSR count). The summed E-state index contributed by atoms with van der Waals surface area (Å²) in [5.74, 6) is 1.24. The smallest absolute Gasteiger partial charge is 0.193 e. The first-order chi connectivity index (χ1) is 10.1. The first-order valence-corrected chi connectivity index (χ1v) is 6.96. The van der Waals surface area contributed by atoms with Crippen LogP contribution in [0.15, 0.2) is 53.5 Å². The van der Waals surface area contributed by atoms with Gasteiger partial charge in [0.1, 0.15) is 12.4 Å². The first kappa shape index (κ1) is 18.3. The number of hydrogen-bond donors (Lipinski definition) is 2. The second kappa shape index (κ2) is 9.30. The highest BCUT2D eigenvalue weighted by Gasteiger charge is 1.96. The van der Waals surface area contributed by atoms with Crippen LogP contribution in [0, 0.1) is 13.8 Å². The Morgan fingerprint density at radius 2 is 1.82 bits per heavy atom. The summed E-state index contributed by atoms with van der Waals surface area (Å²) in [6.45, 7) is 5.09. The summed E-state index contributed by atoms with van der Waals surface area (Å²) >= 11 is 0. The highest BCUT2D eigenvalue weighted by molar-refractivity contribution is 14.0. The lowest BCUT2D eigenvalue weighted by Gasteiger charge is -2.07. The molecule has 2 aromatic rings. The van der Waals surface area contributed by atoms with Gasteiger partial charge in [0.25, 0.3) is 0 Å². The molecule has 0 aliphatic carbocycles. The standard InChI is InChI=1S/C17H21N3O.HI/c1-13-6-8-16(9-7-13)21-11-10-19-17(18)20-15-5-3-4-14(2)12-15;/h3-9,12H,10-11H2,1-2H3,(H3,18,19,20);1H. The largest absolute Gasteiger partial charge is 0.492 e. The van der Waals surface area contributed by atoms with Crippen molar-refractivity contribution in [2.45, 2.75) is 13.8 Å². The molecule has 0 aromatic heterocycles. The Morgan fingerprint density at radius 3 is 2.50 bits per heavy atom. The van der Waals surface area contributed by atoms with E-state index in [-0.39, 0.29) is 24.0 Å². The van der Waals surface area contributed by atoms with Crippen LogP contribution in [0.4, 0.5) is 5.69 Å². The third-order valence-corrected chi connectivity index (χ3v) is 2.95. The molecule has 0 bridgehead atoms. The van der Waals surface area contributed by atoms with Crippen molar-refractivity contribution >= 4 is 35.6 Å². The van der Waals surface area contributed by atoms with E-state index in [1.807, 2.05) is 62.4 Å². The SMILES string of the molecule is Cc1ccc(OCCN=C(N)Nc2cccc(C)c2)cc1.I. The molecule has 118 valence electrons. The van der Waals surface area contributed by atoms with Gasteiger partial charge >= 0.3 is 0 Å². The van der Waals surface area contributed by atoms with Crippen LogP contribution in [0.3, 0.4) is 0 Å². The van der Waals surface area contributed by atoms with Gasteiger partial charge in [0.2, 0.25) is 0 Å². The number of anilines is 1. The zero-order valence-corrected chi connectivity index (χ0v) is 15.2. The molecule has 0 spiro atoms. The van der Waals surface area contributed by atoms with Gasteiger partial charge in [-0.25, -0.2) is 4.99 Å². The fourth-order valence-electron chi connectivity index (χ4n) is 1.87. The number of ether oxygens (including phenoxy) is 1. The molecule has 0 amide bonds. The molecule has 0 fully saturated rings. The van der Waals surface area contributed by atoms with E-state index in [9.17, 15) is 0 Å². The van der Waals surface area contributed by atoms with Crippen LogP contribution in [0.5, 0.6) is 5.75 Å². The van der Waals surface area contributed by atoms with Gasteiger partial charge in [-0.3, -0.25) is 0 Å². The average Bonchev–Trinajstić information content (AvgIpc) is 2.45. The Balaban J connectivity index is 0.00000242.